The number of hydrogen-bond acceptors (Lipinski definition) is 4. The maximum absolute atomic E-state index is 5.94. The second kappa shape index (κ2) is 5.73. The number of benzene rings is 2. The second-order valence-corrected chi connectivity index (χ2v) is 6.78. The maximum Gasteiger partial charge on any atom is 0.145 e. The standard InChI is InChI=1S/C21H20N4O/c1-13-16-5-6-22-11-14(16)9-18-17-4-3-15(10-19(17)25(2)21(13)18)26-12-20-23-7-8-24-20/h3-6,9-11H,7-8,12H2,1-2H3,(H,23,24). The lowest BCUT2D eigenvalue weighted by Gasteiger charge is -2.07. The van der Waals surface area contributed by atoms with Gasteiger partial charge in [0.05, 0.1) is 17.6 Å². The van der Waals surface area contributed by atoms with Crippen LogP contribution in [0.2, 0.25) is 0 Å². The fourth-order valence-electron chi connectivity index (χ4n) is 3.98. The molecular weight excluding hydrogens is 324 g/mol. The number of hydrogen-bond donors (Lipinski definition) is 1. The zero-order valence-electron chi connectivity index (χ0n) is 14.9. The molecule has 0 atom stereocenters. The van der Waals surface area contributed by atoms with E-state index in [4.69, 9.17) is 4.74 Å². The van der Waals surface area contributed by atoms with E-state index in [1.54, 1.807) is 0 Å². The van der Waals surface area contributed by atoms with E-state index in [1.807, 2.05) is 18.5 Å². The first-order chi connectivity index (χ1) is 12.7. The van der Waals surface area contributed by atoms with Crippen molar-refractivity contribution in [3.05, 3.63) is 48.3 Å². The average Bonchev–Trinajstić information content (AvgIpc) is 3.28. The molecule has 0 unspecified atom stereocenters. The smallest absolute Gasteiger partial charge is 0.145 e. The van der Waals surface area contributed by atoms with Crippen LogP contribution in [0.15, 0.2) is 47.7 Å². The molecule has 0 spiro atoms. The van der Waals surface area contributed by atoms with Gasteiger partial charge in [-0.25, -0.2) is 0 Å². The summed E-state index contributed by atoms with van der Waals surface area (Å²) in [5.74, 6) is 1.79. The number of aliphatic imine (C=N–C) groups is 1. The number of aromatic nitrogens is 2. The van der Waals surface area contributed by atoms with E-state index in [0.29, 0.717) is 6.61 Å². The molecule has 1 aliphatic heterocycles. The molecule has 4 aromatic rings. The molecule has 5 heteroatoms. The maximum atomic E-state index is 5.94. The summed E-state index contributed by atoms with van der Waals surface area (Å²) in [6.45, 7) is 4.42. The summed E-state index contributed by atoms with van der Waals surface area (Å²) in [6, 6.07) is 10.6. The topological polar surface area (TPSA) is 51.4 Å². The van der Waals surface area contributed by atoms with E-state index in [2.05, 4.69) is 58.1 Å². The zero-order valence-corrected chi connectivity index (χ0v) is 14.9. The number of amidine groups is 1. The number of ether oxygens (including phenoxy) is 1. The van der Waals surface area contributed by atoms with Gasteiger partial charge in [0.15, 0.2) is 0 Å². The fraction of sp³-hybridized carbons (Fsp3) is 0.238. The van der Waals surface area contributed by atoms with Crippen molar-refractivity contribution in [3.63, 3.8) is 0 Å². The van der Waals surface area contributed by atoms with Crippen molar-refractivity contribution in [2.24, 2.45) is 12.0 Å². The normalized spacial score (nSPS) is 14.2. The Morgan fingerprint density at radius 3 is 2.92 bits per heavy atom. The molecule has 0 saturated heterocycles. The third-order valence-electron chi connectivity index (χ3n) is 5.24. The summed E-state index contributed by atoms with van der Waals surface area (Å²) in [5, 5.41) is 8.16. The molecule has 0 fully saturated rings. The van der Waals surface area contributed by atoms with E-state index in [-0.39, 0.29) is 0 Å². The zero-order chi connectivity index (χ0) is 17.7. The van der Waals surface area contributed by atoms with Crippen molar-refractivity contribution in [1.82, 2.24) is 14.9 Å². The van der Waals surface area contributed by atoms with E-state index in [1.165, 1.54) is 38.1 Å². The van der Waals surface area contributed by atoms with Crippen molar-refractivity contribution in [2.45, 2.75) is 6.92 Å². The summed E-state index contributed by atoms with van der Waals surface area (Å²) < 4.78 is 8.20. The second-order valence-electron chi connectivity index (χ2n) is 6.78. The van der Waals surface area contributed by atoms with Gasteiger partial charge in [0.1, 0.15) is 18.2 Å². The molecule has 3 heterocycles. The predicted molar refractivity (Wildman–Crippen MR) is 106 cm³/mol. The quantitative estimate of drug-likeness (QED) is 0.618. The Kier molecular flexibility index (Phi) is 3.35. The third kappa shape index (κ3) is 2.24. The number of nitrogens with one attached hydrogen (secondary N) is 1. The van der Waals surface area contributed by atoms with E-state index >= 15 is 0 Å². The predicted octanol–water partition coefficient (Wildman–Crippen LogP) is 3.57. The first-order valence-corrected chi connectivity index (χ1v) is 8.88. The molecule has 0 amide bonds. The van der Waals surface area contributed by atoms with Gasteiger partial charge in [0.2, 0.25) is 0 Å². The molecule has 0 aliphatic carbocycles. The summed E-state index contributed by atoms with van der Waals surface area (Å²) in [7, 11) is 2.12. The summed E-state index contributed by atoms with van der Waals surface area (Å²) >= 11 is 0. The molecule has 0 radical (unpaired) electrons. The third-order valence-corrected chi connectivity index (χ3v) is 5.24. The Hall–Kier alpha value is -3.08. The first kappa shape index (κ1) is 15.2. The molecule has 5 rings (SSSR count). The van der Waals surface area contributed by atoms with Crippen LogP contribution in [0, 0.1) is 6.92 Å². The van der Waals surface area contributed by atoms with Gasteiger partial charge in [-0.05, 0) is 42.1 Å². The lowest BCUT2D eigenvalue weighted by Crippen LogP contribution is -2.24. The number of rotatable bonds is 3. The van der Waals surface area contributed by atoms with Gasteiger partial charge in [-0.1, -0.05) is 0 Å². The fourth-order valence-corrected chi connectivity index (χ4v) is 3.98. The molecule has 0 saturated carbocycles. The monoisotopic (exact) mass is 344 g/mol. The molecule has 5 nitrogen and oxygen atoms in total. The first-order valence-electron chi connectivity index (χ1n) is 8.88. The highest BCUT2D eigenvalue weighted by molar-refractivity contribution is 6.14. The lowest BCUT2D eigenvalue weighted by atomic mass is 10.0. The van der Waals surface area contributed by atoms with E-state index < -0.39 is 0 Å². The van der Waals surface area contributed by atoms with Crippen LogP contribution in [0.1, 0.15) is 5.56 Å². The van der Waals surface area contributed by atoms with Gasteiger partial charge >= 0.3 is 0 Å². The Morgan fingerprint density at radius 1 is 1.15 bits per heavy atom. The van der Waals surface area contributed by atoms with Crippen LogP contribution in [0.4, 0.5) is 0 Å². The van der Waals surface area contributed by atoms with Gasteiger partial charge in [-0.15, -0.1) is 0 Å². The number of pyridine rings is 1. The molecule has 2 aromatic carbocycles. The average molecular weight is 344 g/mol. The minimum atomic E-state index is 0.490. The van der Waals surface area contributed by atoms with Crippen molar-refractivity contribution < 1.29 is 4.74 Å². The van der Waals surface area contributed by atoms with E-state index in [0.717, 1.165) is 24.7 Å². The highest BCUT2D eigenvalue weighted by Gasteiger charge is 2.14. The number of nitrogens with zero attached hydrogens (tertiary/aromatic N) is 3. The molecular formula is C21H20N4O. The van der Waals surface area contributed by atoms with Crippen LogP contribution >= 0.6 is 0 Å². The minimum absolute atomic E-state index is 0.490. The van der Waals surface area contributed by atoms with Crippen LogP contribution < -0.4 is 10.1 Å². The van der Waals surface area contributed by atoms with Crippen LogP contribution in [-0.4, -0.2) is 35.1 Å². The molecule has 0 bridgehead atoms. The summed E-state index contributed by atoms with van der Waals surface area (Å²) in [4.78, 5) is 8.66. The Bertz CT molecular complexity index is 1190. The van der Waals surface area contributed by atoms with Crippen LogP contribution in [0.25, 0.3) is 32.6 Å². The Labute approximate surface area is 151 Å². The van der Waals surface area contributed by atoms with Gasteiger partial charge in [0, 0.05) is 48.2 Å². The SMILES string of the molecule is Cc1c2ccncc2cc2c3ccc(OCC4=NCCN4)cc3n(C)c12. The Morgan fingerprint density at radius 2 is 2.08 bits per heavy atom. The van der Waals surface area contributed by atoms with Crippen LogP contribution in [0.5, 0.6) is 5.75 Å². The molecule has 2 aromatic heterocycles. The van der Waals surface area contributed by atoms with Gasteiger partial charge in [-0.2, -0.15) is 0 Å². The van der Waals surface area contributed by atoms with E-state index in [9.17, 15) is 0 Å². The number of aryl methyl sites for hydroxylation is 2. The minimum Gasteiger partial charge on any atom is -0.486 e. The van der Waals surface area contributed by atoms with Crippen molar-refractivity contribution >= 4 is 38.4 Å². The highest BCUT2D eigenvalue weighted by atomic mass is 16.5. The molecule has 26 heavy (non-hydrogen) atoms. The van der Waals surface area contributed by atoms with Gasteiger partial charge in [0.25, 0.3) is 0 Å². The van der Waals surface area contributed by atoms with Gasteiger partial charge in [-0.3, -0.25) is 9.98 Å². The van der Waals surface area contributed by atoms with Crippen LogP contribution in [-0.2, 0) is 7.05 Å². The summed E-state index contributed by atoms with van der Waals surface area (Å²) in [6.07, 6.45) is 3.79. The highest BCUT2D eigenvalue weighted by Crippen LogP contribution is 2.35. The van der Waals surface area contributed by atoms with Crippen molar-refractivity contribution in [2.75, 3.05) is 19.7 Å². The van der Waals surface area contributed by atoms with Gasteiger partial charge < -0.3 is 14.6 Å². The van der Waals surface area contributed by atoms with Crippen molar-refractivity contribution in [1.29, 1.82) is 0 Å². The van der Waals surface area contributed by atoms with Crippen molar-refractivity contribution in [3.8, 4) is 5.75 Å². The lowest BCUT2D eigenvalue weighted by molar-refractivity contribution is 0.374. The Balaban J connectivity index is 1.66. The molecule has 1 aliphatic rings. The molecule has 130 valence electrons. The largest absolute Gasteiger partial charge is 0.486 e. The molecule has 1 N–H and O–H groups in total. The number of fused-ring (bicyclic) bond motifs is 4. The van der Waals surface area contributed by atoms with Crippen LogP contribution in [0.3, 0.4) is 0 Å². The summed E-state index contributed by atoms with van der Waals surface area (Å²) in [5.41, 5.74) is 3.72.